The average Bonchev–Trinajstić information content (AvgIpc) is 1.81. The van der Waals surface area contributed by atoms with Crippen molar-refractivity contribution in [2.24, 2.45) is 21.7 Å². The molecule has 0 bridgehead atoms. The molecule has 0 aromatic carbocycles. The first-order chi connectivity index (χ1) is 5.75. The van der Waals surface area contributed by atoms with E-state index in [-0.39, 0.29) is 0 Å². The molecule has 0 rings (SSSR count). The first kappa shape index (κ1) is 14.0. The van der Waals surface area contributed by atoms with Crippen LogP contribution in [0.25, 0.3) is 0 Å². The summed E-state index contributed by atoms with van der Waals surface area (Å²) in [6, 6.07) is 0. The predicted octanol–water partition coefficient (Wildman–Crippen LogP) is 5.13. The van der Waals surface area contributed by atoms with E-state index in [4.69, 9.17) is 0 Å². The molecule has 0 unspecified atom stereocenters. The maximum atomic E-state index is 2.40. The first-order valence-electron chi connectivity index (χ1n) is 5.75. The van der Waals surface area contributed by atoms with Gasteiger partial charge in [-0.05, 0) is 21.7 Å². The molecule has 0 atom stereocenters. The van der Waals surface area contributed by atoms with Gasteiger partial charge in [-0.25, -0.2) is 0 Å². The normalized spacial score (nSPS) is 15.9. The molecule has 0 aliphatic rings. The van der Waals surface area contributed by atoms with Gasteiger partial charge in [0.15, 0.2) is 0 Å². The van der Waals surface area contributed by atoms with Crippen molar-refractivity contribution < 1.29 is 0 Å². The minimum Gasteiger partial charge on any atom is -0.0596 e. The fourth-order valence-corrected chi connectivity index (χ4v) is 1.88. The summed E-state index contributed by atoms with van der Waals surface area (Å²) in [5.74, 6) is 0. The van der Waals surface area contributed by atoms with Gasteiger partial charge in [0, 0.05) is 0 Å². The average molecular weight is 198 g/mol. The molecule has 0 aromatic rings. The third-order valence-electron chi connectivity index (χ3n) is 5.31. The highest BCUT2D eigenvalue weighted by Gasteiger charge is 2.50. The maximum absolute atomic E-state index is 2.40. The molecule has 0 N–H and O–H groups in total. The molecule has 86 valence electrons. The third kappa shape index (κ3) is 1.99. The van der Waals surface area contributed by atoms with Crippen LogP contribution < -0.4 is 0 Å². The molecule has 0 radical (unpaired) electrons. The highest BCUT2D eigenvalue weighted by Crippen LogP contribution is 2.58. The van der Waals surface area contributed by atoms with Crippen molar-refractivity contribution in [1.29, 1.82) is 0 Å². The summed E-state index contributed by atoms with van der Waals surface area (Å²) in [5, 5.41) is 0. The van der Waals surface area contributed by atoms with Crippen LogP contribution in [-0.4, -0.2) is 0 Å². The van der Waals surface area contributed by atoms with Crippen molar-refractivity contribution in [2.75, 3.05) is 0 Å². The van der Waals surface area contributed by atoms with Gasteiger partial charge in [-0.2, -0.15) is 0 Å². The highest BCUT2D eigenvalue weighted by molar-refractivity contribution is 4.99. The Morgan fingerprint density at radius 2 is 0.500 bits per heavy atom. The molecule has 0 spiro atoms. The van der Waals surface area contributed by atoms with Crippen LogP contribution in [-0.2, 0) is 0 Å². The van der Waals surface area contributed by atoms with Crippen molar-refractivity contribution in [2.45, 2.75) is 69.2 Å². The van der Waals surface area contributed by atoms with E-state index < -0.39 is 0 Å². The molecule has 0 saturated carbocycles. The maximum Gasteiger partial charge on any atom is -0.0249 e. The Bertz CT molecular complexity index is 169. The zero-order valence-corrected chi connectivity index (χ0v) is 12.0. The second-order valence-corrected chi connectivity index (χ2v) is 7.75. The number of rotatable bonds is 1. The molecule has 0 saturated heterocycles. The number of hydrogen-bond acceptors (Lipinski definition) is 0. The van der Waals surface area contributed by atoms with Gasteiger partial charge in [-0.15, -0.1) is 0 Å². The van der Waals surface area contributed by atoms with E-state index in [0.29, 0.717) is 21.7 Å². The molecule has 0 aromatic heterocycles. The van der Waals surface area contributed by atoms with Crippen LogP contribution in [0.2, 0.25) is 0 Å². The van der Waals surface area contributed by atoms with Gasteiger partial charge in [0.1, 0.15) is 0 Å². The standard InChI is InChI=1S/C14H30/c1-11(2,3)13(7,8)14(9,10)12(4,5)6/h1-10H3. The second-order valence-electron chi connectivity index (χ2n) is 7.75. The lowest BCUT2D eigenvalue weighted by Gasteiger charge is -2.57. The predicted molar refractivity (Wildman–Crippen MR) is 66.5 cm³/mol. The van der Waals surface area contributed by atoms with Gasteiger partial charge >= 0.3 is 0 Å². The minimum absolute atomic E-state index is 0.318. The Kier molecular flexibility index (Phi) is 3.25. The zero-order chi connectivity index (χ0) is 12.0. The Morgan fingerprint density at radius 1 is 0.357 bits per heavy atom. The van der Waals surface area contributed by atoms with E-state index in [1.54, 1.807) is 0 Å². The summed E-state index contributed by atoms with van der Waals surface area (Å²) < 4.78 is 0. The van der Waals surface area contributed by atoms with Crippen LogP contribution in [0.15, 0.2) is 0 Å². The fourth-order valence-electron chi connectivity index (χ4n) is 1.88. The van der Waals surface area contributed by atoms with Gasteiger partial charge in [0.2, 0.25) is 0 Å². The Balaban J connectivity index is 5.30. The van der Waals surface area contributed by atoms with Crippen LogP contribution in [0.5, 0.6) is 0 Å². The van der Waals surface area contributed by atoms with Gasteiger partial charge in [-0.3, -0.25) is 0 Å². The molecular formula is C14H30. The first-order valence-corrected chi connectivity index (χ1v) is 5.75. The lowest BCUT2D eigenvalue weighted by Crippen LogP contribution is -2.49. The van der Waals surface area contributed by atoms with E-state index in [1.807, 2.05) is 0 Å². The molecule has 0 aliphatic heterocycles. The number of hydrogen-bond donors (Lipinski definition) is 0. The van der Waals surface area contributed by atoms with Crippen molar-refractivity contribution in [3.63, 3.8) is 0 Å². The monoisotopic (exact) mass is 198 g/mol. The van der Waals surface area contributed by atoms with E-state index in [2.05, 4.69) is 69.2 Å². The van der Waals surface area contributed by atoms with Crippen LogP contribution >= 0.6 is 0 Å². The summed E-state index contributed by atoms with van der Waals surface area (Å²) in [7, 11) is 0. The Hall–Kier alpha value is 0. The van der Waals surface area contributed by atoms with Crippen molar-refractivity contribution in [1.82, 2.24) is 0 Å². The molecular weight excluding hydrogens is 168 g/mol. The summed E-state index contributed by atoms with van der Waals surface area (Å²) >= 11 is 0. The van der Waals surface area contributed by atoms with E-state index in [0.717, 1.165) is 0 Å². The Labute approximate surface area is 91.5 Å². The van der Waals surface area contributed by atoms with E-state index in [1.165, 1.54) is 0 Å². The van der Waals surface area contributed by atoms with Crippen LogP contribution in [0, 0.1) is 21.7 Å². The Morgan fingerprint density at radius 3 is 0.571 bits per heavy atom. The third-order valence-corrected chi connectivity index (χ3v) is 5.31. The van der Waals surface area contributed by atoms with E-state index in [9.17, 15) is 0 Å². The van der Waals surface area contributed by atoms with E-state index >= 15 is 0 Å². The van der Waals surface area contributed by atoms with Crippen LogP contribution in [0.1, 0.15) is 69.2 Å². The topological polar surface area (TPSA) is 0 Å². The highest BCUT2D eigenvalue weighted by atomic mass is 14.6. The zero-order valence-electron chi connectivity index (χ0n) is 12.0. The molecule has 0 heteroatoms. The van der Waals surface area contributed by atoms with Crippen molar-refractivity contribution in [3.8, 4) is 0 Å². The molecule has 0 nitrogen and oxygen atoms in total. The smallest absolute Gasteiger partial charge is 0.0249 e. The molecule has 0 aliphatic carbocycles. The summed E-state index contributed by atoms with van der Waals surface area (Å²) in [6.45, 7) is 23.7. The lowest BCUT2D eigenvalue weighted by atomic mass is 9.48. The van der Waals surface area contributed by atoms with Gasteiger partial charge in [-0.1, -0.05) is 69.2 Å². The summed E-state index contributed by atoms with van der Waals surface area (Å²) in [5.41, 5.74) is 1.31. The molecule has 0 amide bonds. The largest absolute Gasteiger partial charge is 0.0596 e. The molecule has 0 fully saturated rings. The van der Waals surface area contributed by atoms with Crippen molar-refractivity contribution in [3.05, 3.63) is 0 Å². The van der Waals surface area contributed by atoms with Crippen molar-refractivity contribution >= 4 is 0 Å². The lowest BCUT2D eigenvalue weighted by molar-refractivity contribution is -0.0790. The van der Waals surface area contributed by atoms with Crippen LogP contribution in [0.3, 0.4) is 0 Å². The molecule has 14 heavy (non-hydrogen) atoms. The summed E-state index contributed by atoms with van der Waals surface area (Å²) in [4.78, 5) is 0. The van der Waals surface area contributed by atoms with Gasteiger partial charge in [0.25, 0.3) is 0 Å². The molecule has 0 heterocycles. The quantitative estimate of drug-likeness (QED) is 0.548. The SMILES string of the molecule is CC(C)(C)C(C)(C)C(C)(C)C(C)(C)C. The van der Waals surface area contributed by atoms with Crippen LogP contribution in [0.4, 0.5) is 0 Å². The summed E-state index contributed by atoms with van der Waals surface area (Å²) in [6.07, 6.45) is 0. The fraction of sp³-hybridized carbons (Fsp3) is 1.00. The van der Waals surface area contributed by atoms with Gasteiger partial charge < -0.3 is 0 Å². The second kappa shape index (κ2) is 3.25. The minimum atomic E-state index is 0.318. The van der Waals surface area contributed by atoms with Gasteiger partial charge in [0.05, 0.1) is 0 Å².